The lowest BCUT2D eigenvalue weighted by Gasteiger charge is -2.07. The van der Waals surface area contributed by atoms with Gasteiger partial charge in [-0.1, -0.05) is 0 Å². The number of fused-ring (bicyclic) bond motifs is 1. The zero-order valence-electron chi connectivity index (χ0n) is 10.7. The molecule has 0 aliphatic carbocycles. The first-order valence-electron chi connectivity index (χ1n) is 5.99. The number of hydrogen-bond acceptors (Lipinski definition) is 5. The van der Waals surface area contributed by atoms with Crippen LogP contribution in [0.3, 0.4) is 0 Å². The highest BCUT2D eigenvalue weighted by Crippen LogP contribution is 2.26. The molecule has 102 valence electrons. The maximum atomic E-state index is 13.1. The van der Waals surface area contributed by atoms with Crippen molar-refractivity contribution in [3.63, 3.8) is 0 Å². The van der Waals surface area contributed by atoms with Crippen LogP contribution in [0.4, 0.5) is 4.39 Å². The summed E-state index contributed by atoms with van der Waals surface area (Å²) in [6, 6.07) is 8.83. The molecule has 2 aromatic heterocycles. The van der Waals surface area contributed by atoms with Crippen LogP contribution in [0.2, 0.25) is 0 Å². The van der Waals surface area contributed by atoms with Gasteiger partial charge in [0.15, 0.2) is 0 Å². The Bertz CT molecular complexity index is 740. The Morgan fingerprint density at radius 2 is 2.05 bits per heavy atom. The standard InChI is InChI=1S/C14H12FN3O2/c1-19-13-5-3-10(17-18-13)14(16)12-7-8-6-9(15)2-4-11(8)20-12/h2-7,14H,16H2,1H3. The number of ether oxygens (including phenoxy) is 1. The van der Waals surface area contributed by atoms with Gasteiger partial charge in [0, 0.05) is 11.5 Å². The van der Waals surface area contributed by atoms with Crippen LogP contribution in [-0.4, -0.2) is 17.3 Å². The summed E-state index contributed by atoms with van der Waals surface area (Å²) < 4.78 is 23.7. The van der Waals surface area contributed by atoms with Crippen molar-refractivity contribution in [2.75, 3.05) is 7.11 Å². The molecule has 0 amide bonds. The predicted molar refractivity (Wildman–Crippen MR) is 70.8 cm³/mol. The van der Waals surface area contributed by atoms with Gasteiger partial charge < -0.3 is 14.9 Å². The fourth-order valence-corrected chi connectivity index (χ4v) is 1.94. The lowest BCUT2D eigenvalue weighted by atomic mass is 10.1. The number of benzene rings is 1. The van der Waals surface area contributed by atoms with Gasteiger partial charge in [0.05, 0.1) is 12.8 Å². The van der Waals surface area contributed by atoms with E-state index in [9.17, 15) is 4.39 Å². The Labute approximate surface area is 114 Å². The van der Waals surface area contributed by atoms with E-state index >= 15 is 0 Å². The van der Waals surface area contributed by atoms with Crippen LogP contribution < -0.4 is 10.5 Å². The summed E-state index contributed by atoms with van der Waals surface area (Å²) in [4.78, 5) is 0. The molecular formula is C14H12FN3O2. The largest absolute Gasteiger partial charge is 0.480 e. The molecule has 1 atom stereocenters. The van der Waals surface area contributed by atoms with Crippen molar-refractivity contribution in [1.82, 2.24) is 10.2 Å². The molecule has 2 N–H and O–H groups in total. The Hall–Kier alpha value is -2.47. The highest BCUT2D eigenvalue weighted by Gasteiger charge is 2.16. The van der Waals surface area contributed by atoms with Gasteiger partial charge in [0.2, 0.25) is 5.88 Å². The second-order valence-electron chi connectivity index (χ2n) is 4.31. The van der Waals surface area contributed by atoms with Crippen LogP contribution in [0.25, 0.3) is 11.0 Å². The minimum absolute atomic E-state index is 0.317. The maximum absolute atomic E-state index is 13.1. The van der Waals surface area contributed by atoms with Crippen LogP contribution in [0.5, 0.6) is 5.88 Å². The molecule has 1 unspecified atom stereocenters. The Kier molecular flexibility index (Phi) is 3.08. The van der Waals surface area contributed by atoms with E-state index < -0.39 is 6.04 Å². The van der Waals surface area contributed by atoms with Gasteiger partial charge >= 0.3 is 0 Å². The van der Waals surface area contributed by atoms with Crippen molar-refractivity contribution < 1.29 is 13.5 Å². The number of halogens is 1. The molecule has 0 bridgehead atoms. The van der Waals surface area contributed by atoms with Gasteiger partial charge in [-0.3, -0.25) is 0 Å². The van der Waals surface area contributed by atoms with Gasteiger partial charge in [-0.25, -0.2) is 4.39 Å². The molecule has 3 aromatic rings. The van der Waals surface area contributed by atoms with Crippen LogP contribution in [0, 0.1) is 5.82 Å². The summed E-state index contributed by atoms with van der Waals surface area (Å²) in [6.45, 7) is 0. The normalized spacial score (nSPS) is 12.6. The monoisotopic (exact) mass is 273 g/mol. The number of methoxy groups -OCH3 is 1. The van der Waals surface area contributed by atoms with E-state index in [1.807, 2.05) is 0 Å². The average molecular weight is 273 g/mol. The zero-order chi connectivity index (χ0) is 14.1. The lowest BCUT2D eigenvalue weighted by Crippen LogP contribution is -2.13. The molecular weight excluding hydrogens is 261 g/mol. The predicted octanol–water partition coefficient (Wildman–Crippen LogP) is 2.42. The van der Waals surface area contributed by atoms with Crippen molar-refractivity contribution in [3.8, 4) is 5.88 Å². The highest BCUT2D eigenvalue weighted by atomic mass is 19.1. The number of aromatic nitrogens is 2. The Morgan fingerprint density at radius 1 is 1.20 bits per heavy atom. The topological polar surface area (TPSA) is 74.2 Å². The molecule has 3 rings (SSSR count). The third-order valence-electron chi connectivity index (χ3n) is 2.99. The van der Waals surface area contributed by atoms with Crippen LogP contribution in [0.1, 0.15) is 17.5 Å². The van der Waals surface area contributed by atoms with E-state index in [-0.39, 0.29) is 5.82 Å². The second kappa shape index (κ2) is 4.90. The second-order valence-corrected chi connectivity index (χ2v) is 4.31. The van der Waals surface area contributed by atoms with Crippen molar-refractivity contribution in [2.45, 2.75) is 6.04 Å². The van der Waals surface area contributed by atoms with E-state index in [1.54, 1.807) is 24.3 Å². The molecule has 2 heterocycles. The summed E-state index contributed by atoms with van der Waals surface area (Å²) in [7, 11) is 1.51. The summed E-state index contributed by atoms with van der Waals surface area (Å²) in [5, 5.41) is 8.50. The summed E-state index contributed by atoms with van der Waals surface area (Å²) in [5.74, 6) is 0.598. The third-order valence-corrected chi connectivity index (χ3v) is 2.99. The van der Waals surface area contributed by atoms with Crippen LogP contribution >= 0.6 is 0 Å². The lowest BCUT2D eigenvalue weighted by molar-refractivity contribution is 0.390. The molecule has 0 spiro atoms. The molecule has 0 aliphatic heterocycles. The van der Waals surface area contributed by atoms with Crippen molar-refractivity contribution in [1.29, 1.82) is 0 Å². The molecule has 1 aromatic carbocycles. The first-order chi connectivity index (χ1) is 9.67. The number of nitrogens with two attached hydrogens (primary N) is 1. The summed E-state index contributed by atoms with van der Waals surface area (Å²) in [6.07, 6.45) is 0. The summed E-state index contributed by atoms with van der Waals surface area (Å²) in [5.41, 5.74) is 7.21. The SMILES string of the molecule is COc1ccc(C(N)c2cc3cc(F)ccc3o2)nn1. The average Bonchev–Trinajstić information content (AvgIpc) is 2.89. The third kappa shape index (κ3) is 2.21. The van der Waals surface area contributed by atoms with Crippen LogP contribution in [0.15, 0.2) is 40.8 Å². The fraction of sp³-hybridized carbons (Fsp3) is 0.143. The first kappa shape index (κ1) is 12.6. The van der Waals surface area contributed by atoms with Crippen molar-refractivity contribution >= 4 is 11.0 Å². The number of nitrogens with zero attached hydrogens (tertiary/aromatic N) is 2. The maximum Gasteiger partial charge on any atom is 0.233 e. The minimum atomic E-state index is -0.566. The van der Waals surface area contributed by atoms with Gasteiger partial charge in [0.25, 0.3) is 0 Å². The molecule has 0 radical (unpaired) electrons. The van der Waals surface area contributed by atoms with Gasteiger partial charge in [-0.05, 0) is 30.3 Å². The fourth-order valence-electron chi connectivity index (χ4n) is 1.94. The van der Waals surface area contributed by atoms with Gasteiger partial charge in [-0.2, -0.15) is 0 Å². The van der Waals surface area contributed by atoms with Gasteiger partial charge in [0.1, 0.15) is 23.2 Å². The molecule has 0 saturated carbocycles. The van der Waals surface area contributed by atoms with Crippen LogP contribution in [-0.2, 0) is 0 Å². The highest BCUT2D eigenvalue weighted by molar-refractivity contribution is 5.78. The smallest absolute Gasteiger partial charge is 0.233 e. The van der Waals surface area contributed by atoms with E-state index in [4.69, 9.17) is 14.9 Å². The molecule has 20 heavy (non-hydrogen) atoms. The van der Waals surface area contributed by atoms with E-state index in [0.717, 1.165) is 0 Å². The molecule has 0 fully saturated rings. The van der Waals surface area contributed by atoms with Crippen molar-refractivity contribution in [2.24, 2.45) is 5.73 Å². The first-order valence-corrected chi connectivity index (χ1v) is 5.99. The van der Waals surface area contributed by atoms with Crippen molar-refractivity contribution in [3.05, 3.63) is 53.7 Å². The van der Waals surface area contributed by atoms with E-state index in [0.29, 0.717) is 28.3 Å². The van der Waals surface area contributed by atoms with E-state index in [2.05, 4.69) is 10.2 Å². The molecule has 5 nitrogen and oxygen atoms in total. The molecule has 0 aliphatic rings. The zero-order valence-corrected chi connectivity index (χ0v) is 10.7. The quantitative estimate of drug-likeness (QED) is 0.793. The number of rotatable bonds is 3. The van der Waals surface area contributed by atoms with E-state index in [1.165, 1.54) is 19.2 Å². The Balaban J connectivity index is 1.96. The Morgan fingerprint density at radius 3 is 2.75 bits per heavy atom. The summed E-state index contributed by atoms with van der Waals surface area (Å²) >= 11 is 0. The minimum Gasteiger partial charge on any atom is -0.480 e. The molecule has 6 heteroatoms. The number of hydrogen-bond donors (Lipinski definition) is 1. The van der Waals surface area contributed by atoms with Gasteiger partial charge in [-0.15, -0.1) is 10.2 Å². The number of furan rings is 1. The molecule has 0 saturated heterocycles.